The van der Waals surface area contributed by atoms with Crippen molar-refractivity contribution >= 4 is 24.1 Å². The molecule has 3 amide bonds. The van der Waals surface area contributed by atoms with Gasteiger partial charge in [0.1, 0.15) is 16.8 Å². The third-order valence-corrected chi connectivity index (χ3v) is 8.45. The number of nitrogens with zero attached hydrogens (tertiary/aromatic N) is 7. The maximum Gasteiger partial charge on any atom is 0.410 e. The molecule has 1 saturated heterocycles. The maximum atomic E-state index is 13.3. The van der Waals surface area contributed by atoms with Gasteiger partial charge in [-0.2, -0.15) is 10.2 Å². The molecule has 2 aromatic heterocycles. The van der Waals surface area contributed by atoms with Crippen molar-refractivity contribution in [2.75, 3.05) is 19.6 Å². The van der Waals surface area contributed by atoms with Crippen molar-refractivity contribution in [3.63, 3.8) is 0 Å². The van der Waals surface area contributed by atoms with Crippen molar-refractivity contribution in [2.24, 2.45) is 0 Å². The molecule has 15 heteroatoms. The smallest absolute Gasteiger partial charge is 0.410 e. The Hall–Kier alpha value is -4.14. The number of hydrogen-bond donors (Lipinski definition) is 2. The van der Waals surface area contributed by atoms with Crippen LogP contribution in [0.3, 0.4) is 0 Å². The molecule has 4 aliphatic rings. The van der Waals surface area contributed by atoms with Gasteiger partial charge in [0.2, 0.25) is 0 Å². The number of likely N-dealkylation sites (tertiary alicyclic amines) is 1. The Bertz CT molecular complexity index is 1500. The lowest BCUT2D eigenvalue weighted by molar-refractivity contribution is 0.0177. The van der Waals surface area contributed by atoms with Crippen molar-refractivity contribution in [2.45, 2.75) is 116 Å². The average molecular weight is 644 g/mol. The monoisotopic (exact) mass is 643 g/mol. The lowest BCUT2D eigenvalue weighted by Gasteiger charge is -2.39. The number of piperidine rings is 1. The first-order valence-corrected chi connectivity index (χ1v) is 15.7. The Kier molecular flexibility index (Phi) is 8.83. The van der Waals surface area contributed by atoms with Crippen molar-refractivity contribution in [3.05, 3.63) is 34.9 Å². The number of carbonyl (C=O) groups is 4. The van der Waals surface area contributed by atoms with E-state index in [4.69, 9.17) is 14.6 Å². The molecule has 2 N–H and O–H groups in total. The maximum absolute atomic E-state index is 13.3. The molecule has 5 heterocycles. The van der Waals surface area contributed by atoms with Crippen LogP contribution in [0.15, 0.2) is 12.4 Å². The van der Waals surface area contributed by atoms with Crippen molar-refractivity contribution in [3.8, 4) is 0 Å². The minimum absolute atomic E-state index is 0.0355. The molecule has 3 aliphatic heterocycles. The summed E-state index contributed by atoms with van der Waals surface area (Å²) >= 11 is 0. The first-order valence-electron chi connectivity index (χ1n) is 15.7. The van der Waals surface area contributed by atoms with Crippen LogP contribution in [0.5, 0.6) is 0 Å². The SMILES string of the molecule is CC(C)(C)OC(=O)N1CCn2ncc(C(=O)N3CCC(O)CC34CC4)c2C1.CC(C)(C)OC(=O)N1CCn2ncc(C(=O)O)c2C1. The molecule has 1 unspecified atom stereocenters. The second-order valence-corrected chi connectivity index (χ2v) is 14.4. The number of amides is 3. The van der Waals surface area contributed by atoms with E-state index in [1.165, 1.54) is 11.1 Å². The predicted octanol–water partition coefficient (Wildman–Crippen LogP) is 3.10. The number of aromatic nitrogens is 4. The average Bonchev–Trinajstić information content (AvgIpc) is 3.37. The van der Waals surface area contributed by atoms with Gasteiger partial charge in [-0.15, -0.1) is 0 Å². The van der Waals surface area contributed by atoms with E-state index in [9.17, 15) is 24.3 Å². The van der Waals surface area contributed by atoms with Gasteiger partial charge in [-0.05, 0) is 67.2 Å². The van der Waals surface area contributed by atoms with E-state index < -0.39 is 23.3 Å². The van der Waals surface area contributed by atoms with Crippen LogP contribution in [0.25, 0.3) is 0 Å². The number of carboxylic acid groups (broad SMARTS) is 1. The van der Waals surface area contributed by atoms with Gasteiger partial charge < -0.3 is 34.4 Å². The summed E-state index contributed by atoms with van der Waals surface area (Å²) in [6.07, 6.45) is 4.98. The molecule has 0 aromatic carbocycles. The fraction of sp³-hybridized carbons (Fsp3) is 0.677. The second-order valence-electron chi connectivity index (χ2n) is 14.4. The molecule has 1 atom stereocenters. The second kappa shape index (κ2) is 12.2. The number of aliphatic hydroxyl groups excluding tert-OH is 1. The third-order valence-electron chi connectivity index (χ3n) is 8.45. The van der Waals surface area contributed by atoms with Gasteiger partial charge in [0.15, 0.2) is 0 Å². The van der Waals surface area contributed by atoms with E-state index in [1.807, 2.05) is 30.4 Å². The predicted molar refractivity (Wildman–Crippen MR) is 163 cm³/mol. The third kappa shape index (κ3) is 7.29. The van der Waals surface area contributed by atoms with Gasteiger partial charge in [-0.25, -0.2) is 14.4 Å². The van der Waals surface area contributed by atoms with Crippen molar-refractivity contribution in [1.29, 1.82) is 0 Å². The summed E-state index contributed by atoms with van der Waals surface area (Å²) in [7, 11) is 0. The zero-order chi connectivity index (χ0) is 33.6. The number of fused-ring (bicyclic) bond motifs is 2. The fourth-order valence-electron chi connectivity index (χ4n) is 6.06. The summed E-state index contributed by atoms with van der Waals surface area (Å²) in [6, 6.07) is 0. The highest BCUT2D eigenvalue weighted by Crippen LogP contribution is 2.49. The number of ether oxygens (including phenoxy) is 2. The molecule has 2 aromatic rings. The summed E-state index contributed by atoms with van der Waals surface area (Å²) in [4.78, 5) is 53.7. The van der Waals surface area contributed by atoms with Gasteiger partial charge in [-0.1, -0.05) is 0 Å². The van der Waals surface area contributed by atoms with Crippen LogP contribution in [-0.2, 0) is 35.7 Å². The highest BCUT2D eigenvalue weighted by Gasteiger charge is 2.53. The summed E-state index contributed by atoms with van der Waals surface area (Å²) in [6.45, 7) is 14.0. The molecule has 15 nitrogen and oxygen atoms in total. The Morgan fingerprint density at radius 2 is 1.26 bits per heavy atom. The first-order chi connectivity index (χ1) is 21.5. The zero-order valence-corrected chi connectivity index (χ0v) is 27.5. The minimum atomic E-state index is -1.03. The summed E-state index contributed by atoms with van der Waals surface area (Å²) in [5.41, 5.74) is 0.691. The quantitative estimate of drug-likeness (QED) is 0.495. The number of carboxylic acids is 1. The number of aliphatic hydroxyl groups is 1. The Balaban J connectivity index is 0.000000193. The largest absolute Gasteiger partial charge is 0.478 e. The summed E-state index contributed by atoms with van der Waals surface area (Å²) in [5.74, 6) is -1.07. The van der Waals surface area contributed by atoms with Crippen LogP contribution in [0.4, 0.5) is 9.59 Å². The van der Waals surface area contributed by atoms with E-state index in [2.05, 4.69) is 10.2 Å². The summed E-state index contributed by atoms with van der Waals surface area (Å²) in [5, 5.41) is 27.4. The van der Waals surface area contributed by atoms with Gasteiger partial charge in [-0.3, -0.25) is 14.2 Å². The van der Waals surface area contributed by atoms with Crippen LogP contribution in [0.1, 0.15) is 99.3 Å². The van der Waals surface area contributed by atoms with Crippen LogP contribution in [-0.4, -0.2) is 111 Å². The van der Waals surface area contributed by atoms with Crippen LogP contribution in [0.2, 0.25) is 0 Å². The topological polar surface area (TPSA) is 173 Å². The van der Waals surface area contributed by atoms with E-state index >= 15 is 0 Å². The van der Waals surface area contributed by atoms with Gasteiger partial charge in [0.25, 0.3) is 5.91 Å². The van der Waals surface area contributed by atoms with Crippen LogP contribution < -0.4 is 0 Å². The molecule has 1 saturated carbocycles. The van der Waals surface area contributed by atoms with Crippen molar-refractivity contribution < 1.29 is 38.9 Å². The van der Waals surface area contributed by atoms with E-state index in [1.54, 1.807) is 36.5 Å². The molecular formula is C31H45N7O8. The molecule has 252 valence electrons. The first kappa shape index (κ1) is 33.2. The standard InChI is InChI=1S/C19H28N4O4.C12H17N3O4/c1-18(2,3)27-17(26)21-8-9-23-15(12-21)14(11-20-23)16(25)22-7-4-13(24)10-19(22)5-6-19;1-12(2,3)19-11(18)14-4-5-15-9(7-14)8(6-13-15)10(16)17/h11,13,24H,4-10,12H2,1-3H3;6H,4-5,7H2,1-3H3,(H,16,17). The molecule has 1 spiro atoms. The van der Waals surface area contributed by atoms with E-state index in [0.29, 0.717) is 63.4 Å². The Labute approximate surface area is 268 Å². The number of hydrogen-bond acceptors (Lipinski definition) is 9. The molecular weight excluding hydrogens is 598 g/mol. The number of rotatable bonds is 2. The van der Waals surface area contributed by atoms with Crippen molar-refractivity contribution in [1.82, 2.24) is 34.3 Å². The molecule has 46 heavy (non-hydrogen) atoms. The fourth-order valence-corrected chi connectivity index (χ4v) is 6.06. The van der Waals surface area contributed by atoms with Crippen LogP contribution in [0, 0.1) is 0 Å². The molecule has 6 rings (SSSR count). The van der Waals surface area contributed by atoms with Gasteiger partial charge in [0.05, 0.1) is 61.6 Å². The number of carbonyl (C=O) groups excluding carboxylic acids is 3. The molecule has 0 bridgehead atoms. The molecule has 0 radical (unpaired) electrons. The lowest BCUT2D eigenvalue weighted by atomic mass is 9.96. The highest BCUT2D eigenvalue weighted by molar-refractivity contribution is 5.96. The van der Waals surface area contributed by atoms with Gasteiger partial charge in [0, 0.05) is 25.2 Å². The lowest BCUT2D eigenvalue weighted by Crippen LogP contribution is -2.50. The normalized spacial score (nSPS) is 20.2. The Morgan fingerprint density at radius 1 is 0.783 bits per heavy atom. The zero-order valence-electron chi connectivity index (χ0n) is 27.5. The molecule has 1 aliphatic carbocycles. The van der Waals surface area contributed by atoms with Crippen LogP contribution >= 0.6 is 0 Å². The van der Waals surface area contributed by atoms with E-state index in [-0.39, 0.29) is 35.8 Å². The van der Waals surface area contributed by atoms with Gasteiger partial charge >= 0.3 is 18.2 Å². The highest BCUT2D eigenvalue weighted by atomic mass is 16.6. The molecule has 2 fully saturated rings. The van der Waals surface area contributed by atoms with E-state index in [0.717, 1.165) is 18.5 Å². The summed E-state index contributed by atoms with van der Waals surface area (Å²) < 4.78 is 14.2. The number of aromatic carboxylic acids is 1. The Morgan fingerprint density at radius 3 is 1.72 bits per heavy atom. The minimum Gasteiger partial charge on any atom is -0.478 e.